The highest BCUT2D eigenvalue weighted by molar-refractivity contribution is 6.06. The van der Waals surface area contributed by atoms with Crippen molar-refractivity contribution >= 4 is 40.7 Å². The van der Waals surface area contributed by atoms with E-state index >= 15 is 0 Å². The maximum atomic E-state index is 13.1. The standard InChI is InChI=1S/C39H42F3N9O5/c1-56-32-20-34-44-29(22-50(34)23-30(32)45-36(53)28-3-2-4-33(43-28)39(40,41)42)24-9-11-47(12-10-24)13-14-48-15-17-49(18-16-48)26-5-6-27-25(19-26)21-51(38(27)55)31-7-8-35(52)46-37(31)54/h2-6,19-20,22-24,31H,7-18,21H2,1H3,(H,45,53)(H,46,52,54). The summed E-state index contributed by atoms with van der Waals surface area (Å²) >= 11 is 0. The molecule has 56 heavy (non-hydrogen) atoms. The van der Waals surface area contributed by atoms with Crippen molar-refractivity contribution in [3.05, 3.63) is 83.1 Å². The second-order valence-corrected chi connectivity index (χ2v) is 14.7. The first-order valence-electron chi connectivity index (χ1n) is 18.8. The molecule has 1 aromatic carbocycles. The van der Waals surface area contributed by atoms with Crippen LogP contribution < -0.4 is 20.3 Å². The molecule has 4 aliphatic rings. The number of aromatic nitrogens is 3. The fraction of sp³-hybridized carbons (Fsp3) is 0.436. The highest BCUT2D eigenvalue weighted by Gasteiger charge is 2.39. The number of nitrogens with zero attached hydrogens (tertiary/aromatic N) is 7. The summed E-state index contributed by atoms with van der Waals surface area (Å²) in [6.07, 6.45) is 1.38. The molecule has 17 heteroatoms. The van der Waals surface area contributed by atoms with Gasteiger partial charge in [-0.05, 0) is 68.2 Å². The normalized spacial score (nSPS) is 20.1. The molecule has 3 fully saturated rings. The molecule has 3 saturated heterocycles. The Labute approximate surface area is 320 Å². The number of fused-ring (bicyclic) bond motifs is 2. The van der Waals surface area contributed by atoms with E-state index in [2.05, 4.69) is 36.4 Å². The number of hydrogen-bond acceptors (Lipinski definition) is 10. The van der Waals surface area contributed by atoms with Crippen LogP contribution in [-0.4, -0.2) is 118 Å². The van der Waals surface area contributed by atoms with Crippen LogP contribution in [0.5, 0.6) is 5.75 Å². The van der Waals surface area contributed by atoms with E-state index in [1.54, 1.807) is 21.6 Å². The van der Waals surface area contributed by atoms with Gasteiger partial charge in [0.25, 0.3) is 11.8 Å². The predicted octanol–water partition coefficient (Wildman–Crippen LogP) is 3.77. The summed E-state index contributed by atoms with van der Waals surface area (Å²) in [6.45, 7) is 7.79. The third-order valence-corrected chi connectivity index (χ3v) is 11.3. The number of nitrogens with one attached hydrogen (secondary N) is 2. The van der Waals surface area contributed by atoms with E-state index in [-0.39, 0.29) is 35.5 Å². The molecule has 0 bridgehead atoms. The molecule has 4 aromatic rings. The number of likely N-dealkylation sites (tertiary alicyclic amines) is 1. The third kappa shape index (κ3) is 7.65. The largest absolute Gasteiger partial charge is 0.494 e. The van der Waals surface area contributed by atoms with Crippen LogP contribution >= 0.6 is 0 Å². The first kappa shape index (κ1) is 37.4. The average Bonchev–Trinajstić information content (AvgIpc) is 3.76. The van der Waals surface area contributed by atoms with E-state index in [4.69, 9.17) is 9.72 Å². The van der Waals surface area contributed by atoms with Crippen LogP contribution in [0.3, 0.4) is 0 Å². The molecular formula is C39H42F3N9O5. The number of piperazine rings is 1. The molecule has 294 valence electrons. The summed E-state index contributed by atoms with van der Waals surface area (Å²) in [5, 5.41) is 4.99. The summed E-state index contributed by atoms with van der Waals surface area (Å²) in [4.78, 5) is 67.2. The zero-order valence-corrected chi connectivity index (χ0v) is 30.8. The fourth-order valence-electron chi connectivity index (χ4n) is 8.12. The Balaban J connectivity index is 0.809. The van der Waals surface area contributed by atoms with Crippen molar-refractivity contribution in [3.8, 4) is 5.75 Å². The molecule has 0 aliphatic carbocycles. The number of anilines is 2. The van der Waals surface area contributed by atoms with Crippen molar-refractivity contribution in [1.29, 1.82) is 0 Å². The number of methoxy groups -OCH3 is 1. The lowest BCUT2D eigenvalue weighted by atomic mass is 9.94. The Morgan fingerprint density at radius 3 is 2.39 bits per heavy atom. The predicted molar refractivity (Wildman–Crippen MR) is 198 cm³/mol. The number of imidazole rings is 1. The highest BCUT2D eigenvalue weighted by Crippen LogP contribution is 2.33. The molecule has 4 amide bonds. The van der Waals surface area contributed by atoms with Crippen LogP contribution in [0.2, 0.25) is 0 Å². The number of ether oxygens (including phenoxy) is 1. The lowest BCUT2D eigenvalue weighted by molar-refractivity contribution is -0.141. The molecule has 1 unspecified atom stereocenters. The van der Waals surface area contributed by atoms with Crippen molar-refractivity contribution in [1.82, 2.24) is 34.4 Å². The van der Waals surface area contributed by atoms with E-state index in [0.29, 0.717) is 29.9 Å². The van der Waals surface area contributed by atoms with Gasteiger partial charge in [-0.25, -0.2) is 9.97 Å². The number of carbonyl (C=O) groups is 4. The van der Waals surface area contributed by atoms with Gasteiger partial charge in [0.05, 0.1) is 12.8 Å². The van der Waals surface area contributed by atoms with Gasteiger partial charge in [0.1, 0.15) is 34.5 Å². The van der Waals surface area contributed by atoms with Gasteiger partial charge in [-0.1, -0.05) is 6.07 Å². The van der Waals surface area contributed by atoms with E-state index in [0.717, 1.165) is 94.3 Å². The van der Waals surface area contributed by atoms with Gasteiger partial charge in [0, 0.05) is 87.9 Å². The Kier molecular flexibility index (Phi) is 10.1. The van der Waals surface area contributed by atoms with Gasteiger partial charge < -0.3 is 29.2 Å². The Hall–Kier alpha value is -5.55. The smallest absolute Gasteiger partial charge is 0.433 e. The zero-order valence-electron chi connectivity index (χ0n) is 30.8. The van der Waals surface area contributed by atoms with Crippen molar-refractivity contribution in [2.45, 2.75) is 50.4 Å². The average molecular weight is 774 g/mol. The Morgan fingerprint density at radius 1 is 0.929 bits per heavy atom. The van der Waals surface area contributed by atoms with E-state index < -0.39 is 29.7 Å². The van der Waals surface area contributed by atoms with Gasteiger partial charge in [0.15, 0.2) is 0 Å². The monoisotopic (exact) mass is 773 g/mol. The molecule has 0 spiro atoms. The number of amides is 4. The zero-order chi connectivity index (χ0) is 39.1. The van der Waals surface area contributed by atoms with Gasteiger partial charge in [0.2, 0.25) is 11.8 Å². The van der Waals surface area contributed by atoms with Crippen molar-refractivity contribution in [2.24, 2.45) is 0 Å². The van der Waals surface area contributed by atoms with Crippen molar-refractivity contribution in [3.63, 3.8) is 0 Å². The van der Waals surface area contributed by atoms with Crippen LogP contribution in [0, 0.1) is 0 Å². The number of halogens is 3. The number of imide groups is 1. The highest BCUT2D eigenvalue weighted by atomic mass is 19.4. The number of pyridine rings is 2. The van der Waals surface area contributed by atoms with Gasteiger partial charge in [-0.3, -0.25) is 29.4 Å². The minimum Gasteiger partial charge on any atom is -0.494 e. The SMILES string of the molecule is COc1cc2nc(C3CCN(CCN4CCN(c5ccc6c(c5)CN(C5CCC(=O)NC5=O)C6=O)CC4)CC3)cn2cc1NC(=O)c1cccc(C(F)(F)F)n1. The van der Waals surface area contributed by atoms with Gasteiger partial charge >= 0.3 is 6.18 Å². The van der Waals surface area contributed by atoms with E-state index in [9.17, 15) is 32.3 Å². The van der Waals surface area contributed by atoms with Crippen molar-refractivity contribution < 1.29 is 37.1 Å². The second-order valence-electron chi connectivity index (χ2n) is 14.7. The molecule has 0 radical (unpaired) electrons. The van der Waals surface area contributed by atoms with Crippen LogP contribution in [0.1, 0.15) is 69.4 Å². The minimum absolute atomic E-state index is 0.162. The lowest BCUT2D eigenvalue weighted by Gasteiger charge is -2.38. The number of hydrogen-bond donors (Lipinski definition) is 2. The summed E-state index contributed by atoms with van der Waals surface area (Å²) in [5.41, 5.74) is 2.95. The summed E-state index contributed by atoms with van der Waals surface area (Å²) in [7, 11) is 1.45. The molecule has 2 N–H and O–H groups in total. The molecule has 1 atom stereocenters. The second kappa shape index (κ2) is 15.2. The minimum atomic E-state index is -4.67. The first-order chi connectivity index (χ1) is 26.9. The van der Waals surface area contributed by atoms with Crippen LogP contribution in [0.4, 0.5) is 24.5 Å². The Bertz CT molecular complexity index is 2180. The topological polar surface area (TPSA) is 145 Å². The number of alkyl halides is 3. The van der Waals surface area contributed by atoms with Crippen molar-refractivity contribution in [2.75, 3.05) is 69.7 Å². The van der Waals surface area contributed by atoms with Crippen LogP contribution in [0.15, 0.2) is 54.9 Å². The molecule has 3 aromatic heterocycles. The number of benzene rings is 1. The van der Waals surface area contributed by atoms with Gasteiger partial charge in [-0.15, -0.1) is 0 Å². The summed E-state index contributed by atoms with van der Waals surface area (Å²) in [6, 6.07) is 10.2. The summed E-state index contributed by atoms with van der Waals surface area (Å²) < 4.78 is 46.7. The maximum absolute atomic E-state index is 13.1. The molecule has 8 rings (SSSR count). The van der Waals surface area contributed by atoms with Crippen LogP contribution in [-0.2, 0) is 22.3 Å². The number of carbonyl (C=O) groups excluding carboxylic acids is 4. The Morgan fingerprint density at radius 2 is 1.68 bits per heavy atom. The molecular weight excluding hydrogens is 731 g/mol. The van der Waals surface area contributed by atoms with Gasteiger partial charge in [-0.2, -0.15) is 13.2 Å². The van der Waals surface area contributed by atoms with Crippen LogP contribution in [0.25, 0.3) is 5.65 Å². The molecule has 7 heterocycles. The van der Waals surface area contributed by atoms with E-state index in [1.807, 2.05) is 18.3 Å². The first-order valence-corrected chi connectivity index (χ1v) is 18.8. The quantitative estimate of drug-likeness (QED) is 0.241. The third-order valence-electron chi connectivity index (χ3n) is 11.3. The fourth-order valence-corrected chi connectivity index (χ4v) is 8.12. The summed E-state index contributed by atoms with van der Waals surface area (Å²) in [5.74, 6) is -1.07. The number of rotatable bonds is 9. The maximum Gasteiger partial charge on any atom is 0.433 e. The number of piperidine rings is 2. The molecule has 14 nitrogen and oxygen atoms in total. The lowest BCUT2D eigenvalue weighted by Crippen LogP contribution is -2.52. The van der Waals surface area contributed by atoms with E-state index in [1.165, 1.54) is 13.2 Å². The molecule has 0 saturated carbocycles. The molecule has 4 aliphatic heterocycles.